The van der Waals surface area contributed by atoms with E-state index >= 15 is 0 Å². The Kier molecular flexibility index (Phi) is 5.89. The molecule has 0 bridgehead atoms. The number of nitrogens with one attached hydrogen (secondary N) is 1. The maximum Gasteiger partial charge on any atom is 0.337 e. The van der Waals surface area contributed by atoms with Gasteiger partial charge in [-0.05, 0) is 46.2 Å². The maximum atomic E-state index is 11.9. The summed E-state index contributed by atoms with van der Waals surface area (Å²) < 4.78 is 4.83. The molecule has 1 atom stereocenters. The zero-order chi connectivity index (χ0) is 26.4. The third-order valence-electron chi connectivity index (χ3n) is 7.52. The van der Waals surface area contributed by atoms with E-state index in [1.165, 1.54) is 24.3 Å². The van der Waals surface area contributed by atoms with Crippen molar-refractivity contribution in [3.8, 4) is 11.4 Å². The summed E-state index contributed by atoms with van der Waals surface area (Å²) in [4.78, 5) is 25.3. The van der Waals surface area contributed by atoms with Crippen molar-refractivity contribution in [1.82, 2.24) is 20.6 Å². The quantitative estimate of drug-likeness (QED) is 0.228. The van der Waals surface area contributed by atoms with Crippen LogP contribution in [0.2, 0.25) is 0 Å². The number of H-pyrrole nitrogens is 1. The molecule has 2 aliphatic rings. The average molecular weight is 501 g/mol. The summed E-state index contributed by atoms with van der Waals surface area (Å²) in [6, 6.07) is 12.5. The molecule has 2 heterocycles. The number of hydrogen-bond acceptors (Lipinski definition) is 8. The molecule has 1 aromatic heterocycles. The number of aromatic amines is 1. The van der Waals surface area contributed by atoms with Crippen LogP contribution in [0.5, 0.6) is 0 Å². The number of methoxy groups -OCH3 is 1. The van der Waals surface area contributed by atoms with E-state index in [0.717, 1.165) is 17.7 Å². The van der Waals surface area contributed by atoms with Crippen LogP contribution in [0.1, 0.15) is 43.1 Å². The highest BCUT2D eigenvalue weighted by molar-refractivity contribution is 5.90. The highest BCUT2D eigenvalue weighted by Gasteiger charge is 2.46. The highest BCUT2D eigenvalue weighted by atomic mass is 16.6. The molecule has 1 N–H and O–H groups in total. The SMILES string of the molecule is COC(=O)c1ccc(C2=CC[C@]3(C)CN(c4cc(-c5nnn[nH]5)cc([N+](=O)[O-])c4)CC=C3C2(C)C)cc1. The van der Waals surface area contributed by atoms with E-state index in [1.807, 2.05) is 18.2 Å². The molecule has 0 spiro atoms. The zero-order valence-electron chi connectivity index (χ0n) is 21.2. The van der Waals surface area contributed by atoms with Gasteiger partial charge in [0.2, 0.25) is 0 Å². The number of fused-ring (bicyclic) bond motifs is 1. The average Bonchev–Trinajstić information content (AvgIpc) is 3.43. The van der Waals surface area contributed by atoms with Gasteiger partial charge in [-0.25, -0.2) is 9.89 Å². The summed E-state index contributed by atoms with van der Waals surface area (Å²) in [7, 11) is 1.38. The van der Waals surface area contributed by atoms with E-state index < -0.39 is 4.92 Å². The minimum Gasteiger partial charge on any atom is -0.465 e. The van der Waals surface area contributed by atoms with Gasteiger partial charge in [0.15, 0.2) is 5.82 Å². The summed E-state index contributed by atoms with van der Waals surface area (Å²) in [5.74, 6) is 0.0314. The van der Waals surface area contributed by atoms with Crippen LogP contribution in [0.15, 0.2) is 60.2 Å². The van der Waals surface area contributed by atoms with Crippen LogP contribution in [0.25, 0.3) is 17.0 Å². The van der Waals surface area contributed by atoms with Gasteiger partial charge in [0.25, 0.3) is 5.69 Å². The molecular formula is C27H28N6O4. The topological polar surface area (TPSA) is 127 Å². The molecule has 1 aliphatic carbocycles. The molecule has 0 saturated heterocycles. The molecular weight excluding hydrogens is 472 g/mol. The number of hydrogen-bond donors (Lipinski definition) is 1. The number of nitro benzene ring substituents is 1. The molecule has 10 heteroatoms. The Morgan fingerprint density at radius 2 is 1.86 bits per heavy atom. The molecule has 3 aromatic rings. The second kappa shape index (κ2) is 8.95. The largest absolute Gasteiger partial charge is 0.465 e. The van der Waals surface area contributed by atoms with Gasteiger partial charge < -0.3 is 9.64 Å². The van der Waals surface area contributed by atoms with Crippen LogP contribution in [0.3, 0.4) is 0 Å². The smallest absolute Gasteiger partial charge is 0.337 e. The molecule has 10 nitrogen and oxygen atoms in total. The summed E-state index contributed by atoms with van der Waals surface area (Å²) in [5, 5.41) is 25.5. The van der Waals surface area contributed by atoms with Crippen molar-refractivity contribution in [2.45, 2.75) is 27.2 Å². The Hall–Kier alpha value is -4.34. The predicted molar refractivity (Wildman–Crippen MR) is 139 cm³/mol. The lowest BCUT2D eigenvalue weighted by atomic mass is 9.58. The number of ether oxygens (including phenoxy) is 1. The molecule has 37 heavy (non-hydrogen) atoms. The number of anilines is 1. The number of rotatable bonds is 5. The summed E-state index contributed by atoms with van der Waals surface area (Å²) >= 11 is 0. The van der Waals surface area contributed by atoms with E-state index in [1.54, 1.807) is 18.2 Å². The summed E-state index contributed by atoms with van der Waals surface area (Å²) in [6.45, 7) is 8.04. The zero-order valence-corrected chi connectivity index (χ0v) is 21.2. The molecule has 0 amide bonds. The second-order valence-corrected chi connectivity index (χ2v) is 10.3. The first-order valence-corrected chi connectivity index (χ1v) is 12.0. The van der Waals surface area contributed by atoms with Crippen LogP contribution < -0.4 is 4.90 Å². The number of non-ortho nitro benzene ring substituents is 1. The number of tetrazole rings is 1. The van der Waals surface area contributed by atoms with Crippen LogP contribution in [0.4, 0.5) is 11.4 Å². The minimum atomic E-state index is -0.395. The first-order valence-electron chi connectivity index (χ1n) is 12.0. The van der Waals surface area contributed by atoms with Crippen molar-refractivity contribution in [2.75, 3.05) is 25.1 Å². The van der Waals surface area contributed by atoms with Gasteiger partial charge in [-0.1, -0.05) is 50.6 Å². The van der Waals surface area contributed by atoms with Crippen molar-refractivity contribution in [3.63, 3.8) is 0 Å². The maximum absolute atomic E-state index is 11.9. The molecule has 0 saturated carbocycles. The molecule has 190 valence electrons. The van der Waals surface area contributed by atoms with Gasteiger partial charge in [-0.15, -0.1) is 5.10 Å². The number of nitro groups is 1. The molecule has 5 rings (SSSR count). The molecule has 0 fully saturated rings. The van der Waals surface area contributed by atoms with Gasteiger partial charge in [0.05, 0.1) is 17.6 Å². The Morgan fingerprint density at radius 3 is 2.51 bits per heavy atom. The van der Waals surface area contributed by atoms with Crippen molar-refractivity contribution in [3.05, 3.63) is 81.4 Å². The van der Waals surface area contributed by atoms with Gasteiger partial charge in [-0.2, -0.15) is 0 Å². The number of carbonyl (C=O) groups is 1. The van der Waals surface area contributed by atoms with Crippen LogP contribution >= 0.6 is 0 Å². The Labute approximate surface area is 214 Å². The normalized spacial score (nSPS) is 20.5. The van der Waals surface area contributed by atoms with E-state index in [9.17, 15) is 14.9 Å². The summed E-state index contributed by atoms with van der Waals surface area (Å²) in [5.41, 5.74) is 5.08. The fraction of sp³-hybridized carbons (Fsp3) is 0.333. The van der Waals surface area contributed by atoms with Gasteiger partial charge >= 0.3 is 5.97 Å². The van der Waals surface area contributed by atoms with Crippen molar-refractivity contribution in [2.24, 2.45) is 10.8 Å². The van der Waals surface area contributed by atoms with Gasteiger partial charge in [0.1, 0.15) is 0 Å². The van der Waals surface area contributed by atoms with E-state index in [2.05, 4.69) is 58.4 Å². The fourth-order valence-corrected chi connectivity index (χ4v) is 5.81. The Bertz CT molecular complexity index is 1430. The standard InChI is InChI=1S/C27H28N6O4/c1-26(2)22(17-5-7-18(8-6-17)25(34)37-4)9-11-27(3)16-32(12-10-23(26)27)20-13-19(24-28-30-31-29-24)14-21(15-20)33(35)36/h5-10,13-15H,11-12,16H2,1-4H3,(H,28,29,30,31)/t27-/m1/s1. The van der Waals surface area contributed by atoms with Crippen LogP contribution in [-0.2, 0) is 4.74 Å². The first kappa shape index (κ1) is 24.4. The fourth-order valence-electron chi connectivity index (χ4n) is 5.81. The lowest BCUT2D eigenvalue weighted by Gasteiger charge is -2.51. The first-order chi connectivity index (χ1) is 17.6. The summed E-state index contributed by atoms with van der Waals surface area (Å²) in [6.07, 6.45) is 5.36. The number of aromatic nitrogens is 4. The van der Waals surface area contributed by atoms with E-state index in [4.69, 9.17) is 4.74 Å². The van der Waals surface area contributed by atoms with Crippen molar-refractivity contribution < 1.29 is 14.5 Å². The lowest BCUT2D eigenvalue weighted by Crippen LogP contribution is -2.47. The number of nitrogens with zero attached hydrogens (tertiary/aromatic N) is 5. The number of benzene rings is 2. The Balaban J connectivity index is 1.47. The number of carbonyl (C=O) groups excluding carboxylic acids is 1. The number of esters is 1. The molecule has 0 unspecified atom stereocenters. The third-order valence-corrected chi connectivity index (χ3v) is 7.52. The Morgan fingerprint density at radius 1 is 1.11 bits per heavy atom. The van der Waals surface area contributed by atoms with Gasteiger partial charge in [-0.3, -0.25) is 10.1 Å². The van der Waals surface area contributed by atoms with E-state index in [0.29, 0.717) is 30.0 Å². The van der Waals surface area contributed by atoms with Crippen LogP contribution in [-0.4, -0.2) is 51.7 Å². The van der Waals surface area contributed by atoms with E-state index in [-0.39, 0.29) is 22.5 Å². The third kappa shape index (κ3) is 4.28. The van der Waals surface area contributed by atoms with Crippen molar-refractivity contribution >= 4 is 22.9 Å². The minimum absolute atomic E-state index is 0.00890. The highest BCUT2D eigenvalue weighted by Crippen LogP contribution is 2.55. The van der Waals surface area contributed by atoms with Crippen LogP contribution in [0, 0.1) is 20.9 Å². The predicted octanol–water partition coefficient (Wildman–Crippen LogP) is 4.83. The monoisotopic (exact) mass is 500 g/mol. The second-order valence-electron chi connectivity index (χ2n) is 10.3. The molecule has 0 radical (unpaired) electrons. The van der Waals surface area contributed by atoms with Gasteiger partial charge in [0, 0.05) is 47.3 Å². The number of allylic oxidation sites excluding steroid dienone is 2. The van der Waals surface area contributed by atoms with Crippen molar-refractivity contribution in [1.29, 1.82) is 0 Å². The lowest BCUT2D eigenvalue weighted by molar-refractivity contribution is -0.384. The molecule has 2 aromatic carbocycles. The molecule has 1 aliphatic heterocycles.